The summed E-state index contributed by atoms with van der Waals surface area (Å²) in [6.45, 7) is 4.24. The van der Waals surface area contributed by atoms with Gasteiger partial charge in [-0.05, 0) is 43.2 Å². The molecule has 1 aliphatic carbocycles. The lowest BCUT2D eigenvalue weighted by atomic mass is 10.1. The first-order chi connectivity index (χ1) is 16.5. The van der Waals surface area contributed by atoms with Crippen LogP contribution in [-0.4, -0.2) is 35.4 Å². The van der Waals surface area contributed by atoms with E-state index in [1.54, 1.807) is 4.90 Å². The van der Waals surface area contributed by atoms with E-state index in [-0.39, 0.29) is 24.5 Å². The lowest BCUT2D eigenvalue weighted by molar-refractivity contribution is -0.143. The highest BCUT2D eigenvalue weighted by molar-refractivity contribution is 5.90. The van der Waals surface area contributed by atoms with Crippen LogP contribution in [0.1, 0.15) is 50.2 Å². The third-order valence-electron chi connectivity index (χ3n) is 6.62. The van der Waals surface area contributed by atoms with Gasteiger partial charge < -0.3 is 15.0 Å². The quantitative estimate of drug-likeness (QED) is 0.467. The van der Waals surface area contributed by atoms with E-state index in [0.29, 0.717) is 18.7 Å². The van der Waals surface area contributed by atoms with E-state index in [0.717, 1.165) is 47.6 Å². The summed E-state index contributed by atoms with van der Waals surface area (Å²) < 4.78 is 6.01. The Bertz CT molecular complexity index is 1130. The first kappa shape index (κ1) is 23.8. The molecular formula is C29H34N2O3. The van der Waals surface area contributed by atoms with E-state index in [1.165, 1.54) is 0 Å². The number of nitrogens with one attached hydrogen (secondary N) is 1. The van der Waals surface area contributed by atoms with E-state index < -0.39 is 6.04 Å². The first-order valence-corrected chi connectivity index (χ1v) is 12.3. The largest absolute Gasteiger partial charge is 0.483 e. The minimum absolute atomic E-state index is 0.0689. The normalized spacial score (nSPS) is 14.6. The molecule has 1 unspecified atom stereocenters. The van der Waals surface area contributed by atoms with Crippen molar-refractivity contribution in [3.05, 3.63) is 77.9 Å². The Morgan fingerprint density at radius 3 is 2.53 bits per heavy atom. The monoisotopic (exact) mass is 458 g/mol. The van der Waals surface area contributed by atoms with Crippen molar-refractivity contribution >= 4 is 22.6 Å². The van der Waals surface area contributed by atoms with Gasteiger partial charge in [-0.25, -0.2) is 0 Å². The van der Waals surface area contributed by atoms with Gasteiger partial charge in [0.05, 0.1) is 0 Å². The molecule has 1 fully saturated rings. The number of aryl methyl sites for hydroxylation is 1. The van der Waals surface area contributed by atoms with Crippen molar-refractivity contribution in [1.82, 2.24) is 10.2 Å². The Morgan fingerprint density at radius 2 is 1.76 bits per heavy atom. The Kier molecular flexibility index (Phi) is 7.84. The average Bonchev–Trinajstić information content (AvgIpc) is 3.35. The van der Waals surface area contributed by atoms with Gasteiger partial charge in [0.1, 0.15) is 11.8 Å². The van der Waals surface area contributed by atoms with Crippen LogP contribution in [0.4, 0.5) is 0 Å². The van der Waals surface area contributed by atoms with Gasteiger partial charge in [0, 0.05) is 18.0 Å². The van der Waals surface area contributed by atoms with Crippen molar-refractivity contribution in [1.29, 1.82) is 0 Å². The second-order valence-electron chi connectivity index (χ2n) is 9.19. The van der Waals surface area contributed by atoms with Crippen molar-refractivity contribution in [2.24, 2.45) is 0 Å². The molecule has 0 aromatic heterocycles. The SMILES string of the molecule is CCC(C(=O)NC1CCCC1)N(Cc1cccc(C)c1)C(=O)COc1cccc2ccccc12. The van der Waals surface area contributed by atoms with E-state index in [9.17, 15) is 9.59 Å². The minimum Gasteiger partial charge on any atom is -0.483 e. The van der Waals surface area contributed by atoms with Crippen molar-refractivity contribution in [3.8, 4) is 5.75 Å². The molecule has 178 valence electrons. The topological polar surface area (TPSA) is 58.6 Å². The highest BCUT2D eigenvalue weighted by Gasteiger charge is 2.31. The zero-order valence-electron chi connectivity index (χ0n) is 20.1. The fraction of sp³-hybridized carbons (Fsp3) is 0.379. The van der Waals surface area contributed by atoms with Crippen LogP contribution in [0, 0.1) is 6.92 Å². The number of fused-ring (bicyclic) bond motifs is 1. The molecule has 5 nitrogen and oxygen atoms in total. The molecule has 0 spiro atoms. The van der Waals surface area contributed by atoms with Gasteiger partial charge in [0.2, 0.25) is 5.91 Å². The number of carbonyl (C=O) groups excluding carboxylic acids is 2. The molecule has 0 heterocycles. The summed E-state index contributed by atoms with van der Waals surface area (Å²) in [6.07, 6.45) is 4.86. The van der Waals surface area contributed by atoms with Crippen molar-refractivity contribution < 1.29 is 14.3 Å². The van der Waals surface area contributed by atoms with Gasteiger partial charge in [-0.2, -0.15) is 0 Å². The zero-order chi connectivity index (χ0) is 23.9. The van der Waals surface area contributed by atoms with Crippen molar-refractivity contribution in [2.75, 3.05) is 6.61 Å². The van der Waals surface area contributed by atoms with Crippen LogP contribution in [0.2, 0.25) is 0 Å². The lowest BCUT2D eigenvalue weighted by Crippen LogP contribution is -2.52. The third-order valence-corrected chi connectivity index (χ3v) is 6.62. The predicted molar refractivity (Wildman–Crippen MR) is 136 cm³/mol. The van der Waals surface area contributed by atoms with E-state index in [1.807, 2.05) is 74.5 Å². The molecule has 0 saturated heterocycles. The summed E-state index contributed by atoms with van der Waals surface area (Å²) in [5.41, 5.74) is 2.13. The van der Waals surface area contributed by atoms with Gasteiger partial charge in [-0.3, -0.25) is 9.59 Å². The zero-order valence-corrected chi connectivity index (χ0v) is 20.1. The van der Waals surface area contributed by atoms with Gasteiger partial charge in [0.15, 0.2) is 6.61 Å². The maximum absolute atomic E-state index is 13.5. The summed E-state index contributed by atoms with van der Waals surface area (Å²) in [6, 6.07) is 21.5. The Morgan fingerprint density at radius 1 is 1.03 bits per heavy atom. The Balaban J connectivity index is 1.54. The number of rotatable bonds is 9. The smallest absolute Gasteiger partial charge is 0.261 e. The fourth-order valence-corrected chi connectivity index (χ4v) is 4.84. The lowest BCUT2D eigenvalue weighted by Gasteiger charge is -2.31. The summed E-state index contributed by atoms with van der Waals surface area (Å²) in [5.74, 6) is 0.411. The highest BCUT2D eigenvalue weighted by Crippen LogP contribution is 2.25. The molecular weight excluding hydrogens is 424 g/mol. The van der Waals surface area contributed by atoms with Gasteiger partial charge in [-0.1, -0.05) is 86.0 Å². The van der Waals surface area contributed by atoms with Crippen LogP contribution >= 0.6 is 0 Å². The number of hydrogen-bond donors (Lipinski definition) is 1. The van der Waals surface area contributed by atoms with Crippen LogP contribution in [0.3, 0.4) is 0 Å². The van der Waals surface area contributed by atoms with E-state index in [2.05, 4.69) is 11.4 Å². The molecule has 3 aromatic rings. The maximum atomic E-state index is 13.5. The molecule has 5 heteroatoms. The van der Waals surface area contributed by atoms with E-state index in [4.69, 9.17) is 4.74 Å². The number of nitrogens with zero attached hydrogens (tertiary/aromatic N) is 1. The second kappa shape index (κ2) is 11.2. The van der Waals surface area contributed by atoms with Crippen LogP contribution in [0.25, 0.3) is 10.8 Å². The number of carbonyl (C=O) groups is 2. The molecule has 4 rings (SSSR count). The second-order valence-corrected chi connectivity index (χ2v) is 9.19. The average molecular weight is 459 g/mol. The number of ether oxygens (including phenoxy) is 1. The molecule has 0 radical (unpaired) electrons. The minimum atomic E-state index is -0.537. The standard InChI is InChI=1S/C29H34N2O3/c1-3-26(29(33)30-24-14-5-6-15-24)31(19-22-11-8-10-21(2)18-22)28(32)20-34-27-17-9-13-23-12-4-7-16-25(23)27/h4,7-13,16-18,24,26H,3,5-6,14-15,19-20H2,1-2H3,(H,30,33). The number of benzene rings is 3. The Labute approximate surface area is 202 Å². The number of amides is 2. The molecule has 1 atom stereocenters. The van der Waals surface area contributed by atoms with Crippen LogP contribution in [0.15, 0.2) is 66.7 Å². The summed E-state index contributed by atoms with van der Waals surface area (Å²) in [5, 5.41) is 5.21. The third kappa shape index (κ3) is 5.77. The van der Waals surface area contributed by atoms with Crippen molar-refractivity contribution in [2.45, 2.75) is 64.6 Å². The molecule has 34 heavy (non-hydrogen) atoms. The molecule has 2 amide bonds. The van der Waals surface area contributed by atoms with Crippen LogP contribution in [-0.2, 0) is 16.1 Å². The van der Waals surface area contributed by atoms with Gasteiger partial charge in [-0.15, -0.1) is 0 Å². The Hall–Kier alpha value is -3.34. The molecule has 1 saturated carbocycles. The van der Waals surface area contributed by atoms with Crippen LogP contribution < -0.4 is 10.1 Å². The molecule has 3 aromatic carbocycles. The van der Waals surface area contributed by atoms with E-state index >= 15 is 0 Å². The summed E-state index contributed by atoms with van der Waals surface area (Å²) >= 11 is 0. The van der Waals surface area contributed by atoms with Gasteiger partial charge in [0.25, 0.3) is 5.91 Å². The number of hydrogen-bond acceptors (Lipinski definition) is 3. The van der Waals surface area contributed by atoms with Gasteiger partial charge >= 0.3 is 0 Å². The molecule has 0 bridgehead atoms. The predicted octanol–water partition coefficient (Wildman–Crippen LogP) is 5.39. The highest BCUT2D eigenvalue weighted by atomic mass is 16.5. The first-order valence-electron chi connectivity index (χ1n) is 12.3. The fourth-order valence-electron chi connectivity index (χ4n) is 4.84. The summed E-state index contributed by atoms with van der Waals surface area (Å²) in [7, 11) is 0. The molecule has 1 N–H and O–H groups in total. The summed E-state index contributed by atoms with van der Waals surface area (Å²) in [4.78, 5) is 28.4. The van der Waals surface area contributed by atoms with Crippen LogP contribution in [0.5, 0.6) is 5.75 Å². The van der Waals surface area contributed by atoms with Crippen molar-refractivity contribution in [3.63, 3.8) is 0 Å². The maximum Gasteiger partial charge on any atom is 0.261 e. The molecule has 0 aliphatic heterocycles. The molecule has 1 aliphatic rings.